The smallest absolute Gasteiger partial charge is 0.227 e. The Morgan fingerprint density at radius 1 is 1.17 bits per heavy atom. The molecule has 116 valence electrons. The van der Waals surface area contributed by atoms with E-state index in [1.807, 2.05) is 53.4 Å². The van der Waals surface area contributed by atoms with Gasteiger partial charge in [-0.3, -0.25) is 4.79 Å². The topological polar surface area (TPSA) is 58.2 Å². The number of carbonyl (C=O) groups is 1. The van der Waals surface area contributed by atoms with Gasteiger partial charge >= 0.3 is 0 Å². The normalized spacial score (nSPS) is 17.9. The van der Waals surface area contributed by atoms with Crippen LogP contribution in [0.4, 0.5) is 5.69 Å². The van der Waals surface area contributed by atoms with Crippen LogP contribution in [0.1, 0.15) is 18.2 Å². The third kappa shape index (κ3) is 2.44. The molecule has 5 heteroatoms. The Kier molecular flexibility index (Phi) is 3.26. The Hall–Kier alpha value is -2.82. The zero-order chi connectivity index (χ0) is 15.8. The first-order valence-corrected chi connectivity index (χ1v) is 7.63. The van der Waals surface area contributed by atoms with Gasteiger partial charge in [-0.15, -0.1) is 0 Å². The van der Waals surface area contributed by atoms with Gasteiger partial charge in [0.05, 0.1) is 18.1 Å². The van der Waals surface area contributed by atoms with Gasteiger partial charge in [-0.05, 0) is 36.4 Å². The molecule has 1 amide bonds. The van der Waals surface area contributed by atoms with Crippen LogP contribution in [0.25, 0.3) is 11.0 Å². The largest absolute Gasteiger partial charge is 0.497 e. The minimum atomic E-state index is 0.0944. The van der Waals surface area contributed by atoms with Crippen molar-refractivity contribution in [3.63, 3.8) is 0 Å². The number of methoxy groups -OCH3 is 1. The molecule has 0 radical (unpaired) electrons. The number of amides is 1. The Labute approximate surface area is 133 Å². The lowest BCUT2D eigenvalue weighted by Gasteiger charge is -2.16. The number of fused-ring (bicyclic) bond motifs is 1. The highest BCUT2D eigenvalue weighted by molar-refractivity contribution is 5.96. The Morgan fingerprint density at radius 2 is 1.96 bits per heavy atom. The standard InChI is InChI=1S/C18H17N3O2/c1-23-14-8-6-13(7-9-14)21-11-12(10-17(21)22)18-19-15-4-2-3-5-16(15)20-18/h2-9,12H,10-11H2,1H3,(H,19,20). The van der Waals surface area contributed by atoms with Crippen LogP contribution in [0.2, 0.25) is 0 Å². The summed E-state index contributed by atoms with van der Waals surface area (Å²) >= 11 is 0. The van der Waals surface area contributed by atoms with E-state index in [2.05, 4.69) is 9.97 Å². The molecule has 3 aromatic rings. The van der Waals surface area contributed by atoms with E-state index >= 15 is 0 Å². The fourth-order valence-electron chi connectivity index (χ4n) is 3.07. The third-order valence-electron chi connectivity index (χ3n) is 4.30. The van der Waals surface area contributed by atoms with Crippen LogP contribution in [0.3, 0.4) is 0 Å². The van der Waals surface area contributed by atoms with Gasteiger partial charge in [0.25, 0.3) is 0 Å². The number of hydrogen-bond acceptors (Lipinski definition) is 3. The molecule has 1 N–H and O–H groups in total. The highest BCUT2D eigenvalue weighted by Gasteiger charge is 2.33. The SMILES string of the molecule is COc1ccc(N2CC(c3nc4ccccc4[nH]3)CC2=O)cc1. The zero-order valence-corrected chi connectivity index (χ0v) is 12.8. The third-order valence-corrected chi connectivity index (χ3v) is 4.30. The summed E-state index contributed by atoms with van der Waals surface area (Å²) in [5.41, 5.74) is 2.85. The van der Waals surface area contributed by atoms with E-state index < -0.39 is 0 Å². The van der Waals surface area contributed by atoms with E-state index in [9.17, 15) is 4.79 Å². The number of para-hydroxylation sites is 2. The van der Waals surface area contributed by atoms with Crippen molar-refractivity contribution in [1.29, 1.82) is 0 Å². The van der Waals surface area contributed by atoms with Crippen molar-refractivity contribution in [3.05, 3.63) is 54.4 Å². The van der Waals surface area contributed by atoms with Crippen molar-refractivity contribution in [2.75, 3.05) is 18.6 Å². The predicted octanol–water partition coefficient (Wildman–Crippen LogP) is 3.09. The van der Waals surface area contributed by atoms with Crippen LogP contribution in [-0.2, 0) is 4.79 Å². The monoisotopic (exact) mass is 307 g/mol. The molecule has 0 bridgehead atoms. The maximum absolute atomic E-state index is 12.4. The minimum Gasteiger partial charge on any atom is -0.497 e. The van der Waals surface area contributed by atoms with Gasteiger partial charge in [0.2, 0.25) is 5.91 Å². The first-order chi connectivity index (χ1) is 11.2. The van der Waals surface area contributed by atoms with Gasteiger partial charge < -0.3 is 14.6 Å². The second-order valence-electron chi connectivity index (χ2n) is 5.74. The van der Waals surface area contributed by atoms with E-state index in [0.717, 1.165) is 28.3 Å². The molecule has 4 rings (SSSR count). The highest BCUT2D eigenvalue weighted by atomic mass is 16.5. The van der Waals surface area contributed by atoms with Crippen LogP contribution in [0.15, 0.2) is 48.5 Å². The molecule has 1 aromatic heterocycles. The summed E-state index contributed by atoms with van der Waals surface area (Å²) in [6.45, 7) is 0.644. The van der Waals surface area contributed by atoms with E-state index in [4.69, 9.17) is 4.74 Å². The van der Waals surface area contributed by atoms with E-state index in [-0.39, 0.29) is 11.8 Å². The molecule has 1 aliphatic heterocycles. The number of aromatic nitrogens is 2. The fourth-order valence-corrected chi connectivity index (χ4v) is 3.07. The van der Waals surface area contributed by atoms with Crippen molar-refractivity contribution >= 4 is 22.6 Å². The van der Waals surface area contributed by atoms with E-state index in [1.54, 1.807) is 7.11 Å². The summed E-state index contributed by atoms with van der Waals surface area (Å²) in [5, 5.41) is 0. The van der Waals surface area contributed by atoms with Crippen LogP contribution in [0.5, 0.6) is 5.75 Å². The Bertz CT molecular complexity index is 821. The fraction of sp³-hybridized carbons (Fsp3) is 0.222. The molecular weight excluding hydrogens is 290 g/mol. The molecule has 1 fully saturated rings. The average molecular weight is 307 g/mol. The van der Waals surface area contributed by atoms with E-state index in [1.165, 1.54) is 0 Å². The molecule has 2 aromatic carbocycles. The van der Waals surface area contributed by atoms with Gasteiger partial charge in [0, 0.05) is 24.6 Å². The number of H-pyrrole nitrogens is 1. The number of nitrogens with zero attached hydrogens (tertiary/aromatic N) is 2. The number of nitrogens with one attached hydrogen (secondary N) is 1. The highest BCUT2D eigenvalue weighted by Crippen LogP contribution is 2.32. The van der Waals surface area contributed by atoms with Crippen molar-refractivity contribution in [3.8, 4) is 5.75 Å². The summed E-state index contributed by atoms with van der Waals surface area (Å²) in [6, 6.07) is 15.5. The van der Waals surface area contributed by atoms with Crippen molar-refractivity contribution < 1.29 is 9.53 Å². The molecular formula is C18H17N3O2. The quantitative estimate of drug-likeness (QED) is 0.809. The lowest BCUT2D eigenvalue weighted by Crippen LogP contribution is -2.24. The number of hydrogen-bond donors (Lipinski definition) is 1. The van der Waals surface area contributed by atoms with Gasteiger partial charge in [-0.2, -0.15) is 0 Å². The van der Waals surface area contributed by atoms with Crippen molar-refractivity contribution in [1.82, 2.24) is 9.97 Å². The number of imidazole rings is 1. The maximum Gasteiger partial charge on any atom is 0.227 e. The molecule has 0 saturated carbocycles. The predicted molar refractivity (Wildman–Crippen MR) is 88.8 cm³/mol. The molecule has 0 spiro atoms. The Morgan fingerprint density at radius 3 is 2.70 bits per heavy atom. The summed E-state index contributed by atoms with van der Waals surface area (Å²) in [5.74, 6) is 1.89. The summed E-state index contributed by atoms with van der Waals surface area (Å²) in [7, 11) is 1.63. The summed E-state index contributed by atoms with van der Waals surface area (Å²) < 4.78 is 5.16. The Balaban J connectivity index is 1.59. The van der Waals surface area contributed by atoms with Gasteiger partial charge in [0.15, 0.2) is 0 Å². The first-order valence-electron chi connectivity index (χ1n) is 7.63. The molecule has 2 heterocycles. The molecule has 0 aliphatic carbocycles. The molecule has 23 heavy (non-hydrogen) atoms. The number of rotatable bonds is 3. The van der Waals surface area contributed by atoms with Crippen LogP contribution in [-0.4, -0.2) is 29.5 Å². The summed E-state index contributed by atoms with van der Waals surface area (Å²) in [6.07, 6.45) is 0.478. The number of benzene rings is 2. The zero-order valence-electron chi connectivity index (χ0n) is 12.8. The number of carbonyl (C=O) groups excluding carboxylic acids is 1. The van der Waals surface area contributed by atoms with Crippen LogP contribution >= 0.6 is 0 Å². The maximum atomic E-state index is 12.4. The molecule has 1 saturated heterocycles. The summed E-state index contributed by atoms with van der Waals surface area (Å²) in [4.78, 5) is 22.2. The lowest BCUT2D eigenvalue weighted by atomic mass is 10.1. The molecule has 1 unspecified atom stereocenters. The van der Waals surface area contributed by atoms with Gasteiger partial charge in [-0.25, -0.2) is 4.98 Å². The molecule has 1 aliphatic rings. The van der Waals surface area contributed by atoms with Crippen LogP contribution in [0, 0.1) is 0 Å². The molecule has 5 nitrogen and oxygen atoms in total. The minimum absolute atomic E-state index is 0.0944. The van der Waals surface area contributed by atoms with Gasteiger partial charge in [0.1, 0.15) is 11.6 Å². The lowest BCUT2D eigenvalue weighted by molar-refractivity contribution is -0.117. The molecule has 1 atom stereocenters. The van der Waals surface area contributed by atoms with Crippen molar-refractivity contribution in [2.24, 2.45) is 0 Å². The first kappa shape index (κ1) is 13.8. The van der Waals surface area contributed by atoms with Crippen molar-refractivity contribution in [2.45, 2.75) is 12.3 Å². The number of aromatic amines is 1. The van der Waals surface area contributed by atoms with E-state index in [0.29, 0.717) is 13.0 Å². The second kappa shape index (κ2) is 5.43. The van der Waals surface area contributed by atoms with Crippen LogP contribution < -0.4 is 9.64 Å². The second-order valence-corrected chi connectivity index (χ2v) is 5.74. The van der Waals surface area contributed by atoms with Gasteiger partial charge in [-0.1, -0.05) is 12.1 Å². The number of ether oxygens (including phenoxy) is 1. The number of anilines is 1. The average Bonchev–Trinajstić information content (AvgIpc) is 3.18.